The Kier molecular flexibility index (Phi) is 5.83. The van der Waals surface area contributed by atoms with Gasteiger partial charge in [0.05, 0.1) is 30.6 Å². The smallest absolute Gasteiger partial charge is 0.250 e. The Balaban J connectivity index is 1.47. The van der Waals surface area contributed by atoms with E-state index in [9.17, 15) is 19.5 Å². The molecule has 0 radical (unpaired) electrons. The first kappa shape index (κ1) is 22.8. The maximum Gasteiger partial charge on any atom is 0.250 e. The van der Waals surface area contributed by atoms with Gasteiger partial charge in [-0.1, -0.05) is 29.8 Å². The van der Waals surface area contributed by atoms with Crippen LogP contribution in [0.15, 0.2) is 54.6 Å². The van der Waals surface area contributed by atoms with Gasteiger partial charge in [0.25, 0.3) is 0 Å². The summed E-state index contributed by atoms with van der Waals surface area (Å²) < 4.78 is 6.35. The maximum absolute atomic E-state index is 13.7. The number of aliphatic hydroxyl groups is 1. The molecule has 3 fully saturated rings. The highest BCUT2D eigenvalue weighted by atomic mass is 35.5. The zero-order valence-corrected chi connectivity index (χ0v) is 19.4. The minimum Gasteiger partial charge on any atom is -0.394 e. The van der Waals surface area contributed by atoms with Crippen molar-refractivity contribution >= 4 is 40.7 Å². The minimum absolute atomic E-state index is 0.300. The molecule has 2 unspecified atom stereocenters. The molecule has 34 heavy (non-hydrogen) atoms. The van der Waals surface area contributed by atoms with Crippen LogP contribution < -0.4 is 10.6 Å². The summed E-state index contributed by atoms with van der Waals surface area (Å²) in [5.41, 5.74) is 0.0389. The molecule has 3 aliphatic heterocycles. The van der Waals surface area contributed by atoms with Crippen LogP contribution in [0.3, 0.4) is 0 Å². The molecule has 5 rings (SSSR count). The number of para-hydroxylation sites is 1. The van der Waals surface area contributed by atoms with Crippen molar-refractivity contribution in [2.24, 2.45) is 11.8 Å². The number of ether oxygens (including phenoxy) is 1. The van der Waals surface area contributed by atoms with E-state index in [1.54, 1.807) is 43.3 Å². The zero-order chi connectivity index (χ0) is 24.0. The first-order valence-corrected chi connectivity index (χ1v) is 11.8. The average Bonchev–Trinajstić information content (AvgIpc) is 3.48. The highest BCUT2D eigenvalue weighted by molar-refractivity contribution is 6.30. The summed E-state index contributed by atoms with van der Waals surface area (Å²) in [6.45, 7) is 1.37. The molecule has 0 aromatic heterocycles. The summed E-state index contributed by atoms with van der Waals surface area (Å²) in [7, 11) is 0. The fourth-order valence-electron chi connectivity index (χ4n) is 5.74. The number of fused-ring (bicyclic) bond motifs is 1. The lowest BCUT2D eigenvalue weighted by Crippen LogP contribution is -2.55. The predicted octanol–water partition coefficient (Wildman–Crippen LogP) is 2.67. The van der Waals surface area contributed by atoms with Gasteiger partial charge in [-0.2, -0.15) is 0 Å². The van der Waals surface area contributed by atoms with Crippen LogP contribution in [0.1, 0.15) is 19.8 Å². The second kappa shape index (κ2) is 8.69. The summed E-state index contributed by atoms with van der Waals surface area (Å²) in [4.78, 5) is 42.0. The summed E-state index contributed by atoms with van der Waals surface area (Å²) >= 11 is 5.95. The number of amides is 3. The Bertz CT molecular complexity index is 1110. The number of anilines is 2. The number of rotatable bonds is 6. The Hall–Kier alpha value is -2.94. The standard InChI is InChI=1S/C25H26ClN3O5/c1-14(13-30)29-21(23(32)28-17-9-7-15(26)8-10-17)25-12-11-18(34-25)19(20(25)24(29)33)22(31)27-16-5-3-2-4-6-16/h2-10,14,18-21,30H,11-13H2,1H3,(H,27,31)(H,28,32)/t14-,18+,19-,20+,21?,25?/m1/s1. The van der Waals surface area contributed by atoms with E-state index < -0.39 is 41.5 Å². The van der Waals surface area contributed by atoms with Crippen LogP contribution in [0.4, 0.5) is 11.4 Å². The van der Waals surface area contributed by atoms with Crippen molar-refractivity contribution in [3.63, 3.8) is 0 Å². The van der Waals surface area contributed by atoms with Gasteiger partial charge in [0, 0.05) is 16.4 Å². The van der Waals surface area contributed by atoms with Gasteiger partial charge in [0.2, 0.25) is 17.7 Å². The van der Waals surface area contributed by atoms with Gasteiger partial charge >= 0.3 is 0 Å². The highest BCUT2D eigenvalue weighted by Crippen LogP contribution is 2.59. The molecule has 9 heteroatoms. The van der Waals surface area contributed by atoms with Crippen molar-refractivity contribution < 1.29 is 24.2 Å². The number of carbonyl (C=O) groups is 3. The first-order valence-electron chi connectivity index (χ1n) is 11.4. The van der Waals surface area contributed by atoms with E-state index in [0.29, 0.717) is 29.2 Å². The van der Waals surface area contributed by atoms with Gasteiger partial charge in [-0.15, -0.1) is 0 Å². The Morgan fingerprint density at radius 1 is 1.12 bits per heavy atom. The van der Waals surface area contributed by atoms with Crippen LogP contribution >= 0.6 is 11.6 Å². The van der Waals surface area contributed by atoms with Crippen molar-refractivity contribution in [2.75, 3.05) is 17.2 Å². The number of halogens is 1. The quantitative estimate of drug-likeness (QED) is 0.585. The lowest BCUT2D eigenvalue weighted by atomic mass is 9.70. The Morgan fingerprint density at radius 3 is 2.44 bits per heavy atom. The molecule has 3 heterocycles. The molecule has 2 bridgehead atoms. The number of hydrogen-bond donors (Lipinski definition) is 3. The molecule has 2 aromatic rings. The van der Waals surface area contributed by atoms with Gasteiger partial charge in [-0.05, 0) is 56.2 Å². The Morgan fingerprint density at radius 2 is 1.76 bits per heavy atom. The van der Waals surface area contributed by atoms with E-state index in [-0.39, 0.29) is 18.4 Å². The van der Waals surface area contributed by atoms with Crippen LogP contribution in [0, 0.1) is 11.8 Å². The van der Waals surface area contributed by atoms with E-state index in [4.69, 9.17) is 16.3 Å². The van der Waals surface area contributed by atoms with Gasteiger partial charge in [0.15, 0.2) is 0 Å². The van der Waals surface area contributed by atoms with Gasteiger partial charge in [-0.25, -0.2) is 0 Å². The molecule has 0 aliphatic carbocycles. The van der Waals surface area contributed by atoms with E-state index in [1.807, 2.05) is 18.2 Å². The largest absolute Gasteiger partial charge is 0.394 e. The second-order valence-electron chi connectivity index (χ2n) is 9.18. The first-order chi connectivity index (χ1) is 16.4. The molecule has 3 amide bonds. The number of likely N-dealkylation sites (tertiary alicyclic amines) is 1. The summed E-state index contributed by atoms with van der Waals surface area (Å²) in [6.07, 6.45) is 0.606. The molecular formula is C25H26ClN3O5. The molecule has 2 aromatic carbocycles. The Labute approximate surface area is 202 Å². The molecule has 3 N–H and O–H groups in total. The topological polar surface area (TPSA) is 108 Å². The molecular weight excluding hydrogens is 458 g/mol. The highest BCUT2D eigenvalue weighted by Gasteiger charge is 2.74. The van der Waals surface area contributed by atoms with E-state index >= 15 is 0 Å². The number of nitrogens with zero attached hydrogens (tertiary/aromatic N) is 1. The van der Waals surface area contributed by atoms with Crippen LogP contribution in [-0.4, -0.2) is 58.1 Å². The van der Waals surface area contributed by atoms with Crippen molar-refractivity contribution in [1.29, 1.82) is 0 Å². The molecule has 3 saturated heterocycles. The third kappa shape index (κ3) is 3.57. The summed E-state index contributed by atoms with van der Waals surface area (Å²) in [5, 5.41) is 16.2. The lowest BCUT2D eigenvalue weighted by molar-refractivity contribution is -0.142. The zero-order valence-electron chi connectivity index (χ0n) is 18.6. The van der Waals surface area contributed by atoms with Crippen LogP contribution in [0.25, 0.3) is 0 Å². The summed E-state index contributed by atoms with van der Waals surface area (Å²) in [6, 6.07) is 14.1. The predicted molar refractivity (Wildman–Crippen MR) is 126 cm³/mol. The fraction of sp³-hybridized carbons (Fsp3) is 0.400. The number of carbonyl (C=O) groups excluding carboxylic acids is 3. The van der Waals surface area contributed by atoms with Crippen LogP contribution in [0.5, 0.6) is 0 Å². The molecule has 1 spiro atoms. The van der Waals surface area contributed by atoms with Crippen molar-refractivity contribution in [1.82, 2.24) is 4.90 Å². The maximum atomic E-state index is 13.7. The SMILES string of the molecule is C[C@H](CO)N1C(=O)[C@@H]2[C@H](C(=O)Nc3ccccc3)[C@@H]3CCC2(O3)C1C(=O)Nc1ccc(Cl)cc1. The van der Waals surface area contributed by atoms with Crippen molar-refractivity contribution in [2.45, 2.75) is 43.6 Å². The number of benzene rings is 2. The fourth-order valence-corrected chi connectivity index (χ4v) is 5.87. The third-order valence-corrected chi connectivity index (χ3v) is 7.43. The van der Waals surface area contributed by atoms with E-state index in [1.165, 1.54) is 4.90 Å². The normalized spacial score (nSPS) is 30.2. The molecule has 0 saturated carbocycles. The molecule has 6 atom stereocenters. The van der Waals surface area contributed by atoms with Crippen molar-refractivity contribution in [3.05, 3.63) is 59.6 Å². The lowest BCUT2D eigenvalue weighted by Gasteiger charge is -2.35. The number of aliphatic hydroxyl groups excluding tert-OH is 1. The van der Waals surface area contributed by atoms with Crippen LogP contribution in [0.2, 0.25) is 5.02 Å². The van der Waals surface area contributed by atoms with Crippen LogP contribution in [-0.2, 0) is 19.1 Å². The molecule has 3 aliphatic rings. The van der Waals surface area contributed by atoms with Gasteiger partial charge in [-0.3, -0.25) is 14.4 Å². The van der Waals surface area contributed by atoms with Gasteiger partial charge in [0.1, 0.15) is 11.6 Å². The monoisotopic (exact) mass is 483 g/mol. The molecule has 178 valence electrons. The van der Waals surface area contributed by atoms with Crippen molar-refractivity contribution in [3.8, 4) is 0 Å². The van der Waals surface area contributed by atoms with E-state index in [2.05, 4.69) is 10.6 Å². The molecule has 8 nitrogen and oxygen atoms in total. The minimum atomic E-state index is -1.12. The third-order valence-electron chi connectivity index (χ3n) is 7.18. The second-order valence-corrected chi connectivity index (χ2v) is 9.62. The van der Waals surface area contributed by atoms with Gasteiger partial charge < -0.3 is 25.4 Å². The average molecular weight is 484 g/mol. The summed E-state index contributed by atoms with van der Waals surface area (Å²) in [5.74, 6) is -2.57. The number of hydrogen-bond acceptors (Lipinski definition) is 5. The number of nitrogens with one attached hydrogen (secondary N) is 2. The van der Waals surface area contributed by atoms with E-state index in [0.717, 1.165) is 0 Å².